The quantitative estimate of drug-likeness (QED) is 0.761. The van der Waals surface area contributed by atoms with Gasteiger partial charge in [-0.2, -0.15) is 0 Å². The molecule has 2 aromatic rings. The van der Waals surface area contributed by atoms with Crippen LogP contribution in [0.5, 0.6) is 0 Å². The van der Waals surface area contributed by atoms with E-state index >= 15 is 0 Å². The van der Waals surface area contributed by atoms with Crippen molar-refractivity contribution >= 4 is 33.1 Å². The zero-order chi connectivity index (χ0) is 12.0. The molecular weight excluding hydrogens is 234 g/mol. The summed E-state index contributed by atoms with van der Waals surface area (Å²) >= 11 is 1.71. The molecule has 0 radical (unpaired) electrons. The number of rotatable bonds is 1. The highest BCUT2D eigenvalue weighted by atomic mass is 32.1. The molecule has 0 saturated heterocycles. The van der Waals surface area contributed by atoms with Gasteiger partial charge in [-0.25, -0.2) is 0 Å². The molecule has 1 heterocycles. The first-order chi connectivity index (χ1) is 8.15. The van der Waals surface area contributed by atoms with E-state index in [1.54, 1.807) is 11.3 Å². The van der Waals surface area contributed by atoms with E-state index in [4.69, 9.17) is 10.8 Å². The van der Waals surface area contributed by atoms with Crippen molar-refractivity contribution in [3.05, 3.63) is 28.6 Å². The van der Waals surface area contributed by atoms with Crippen LogP contribution in [0.2, 0.25) is 0 Å². The predicted octanol–water partition coefficient (Wildman–Crippen LogP) is 2.67. The van der Waals surface area contributed by atoms with Crippen molar-refractivity contribution in [2.45, 2.75) is 19.3 Å². The van der Waals surface area contributed by atoms with Crippen LogP contribution in [-0.4, -0.2) is 11.1 Å². The molecule has 3 rings (SSSR count). The van der Waals surface area contributed by atoms with E-state index in [1.165, 1.54) is 20.5 Å². The van der Waals surface area contributed by atoms with Gasteiger partial charge in [0.25, 0.3) is 0 Å². The van der Waals surface area contributed by atoms with Crippen molar-refractivity contribution in [3.8, 4) is 0 Å². The van der Waals surface area contributed by atoms with Crippen LogP contribution >= 0.6 is 11.3 Å². The summed E-state index contributed by atoms with van der Waals surface area (Å²) in [5, 5.41) is 10.3. The molecule has 0 saturated carbocycles. The minimum atomic E-state index is -0.673. The van der Waals surface area contributed by atoms with Gasteiger partial charge >= 0.3 is 5.97 Å². The fraction of sp³-hybridized carbons (Fsp3) is 0.308. The lowest BCUT2D eigenvalue weighted by Crippen LogP contribution is -2.20. The summed E-state index contributed by atoms with van der Waals surface area (Å²) < 4.78 is 1.22. The molecule has 88 valence electrons. The zero-order valence-electron chi connectivity index (χ0n) is 9.27. The molecule has 17 heavy (non-hydrogen) atoms. The molecular formula is C13H13NO2S. The van der Waals surface area contributed by atoms with E-state index in [0.717, 1.165) is 18.5 Å². The average Bonchev–Trinajstić information content (AvgIpc) is 2.66. The first-order valence-corrected chi connectivity index (χ1v) is 6.49. The number of aliphatic carboxylic acids is 1. The summed E-state index contributed by atoms with van der Waals surface area (Å²) in [7, 11) is 0. The highest BCUT2D eigenvalue weighted by Crippen LogP contribution is 2.38. The number of carboxylic acid groups (broad SMARTS) is 1. The first kappa shape index (κ1) is 10.6. The van der Waals surface area contributed by atoms with E-state index in [9.17, 15) is 4.79 Å². The van der Waals surface area contributed by atoms with E-state index in [2.05, 4.69) is 0 Å². The molecule has 1 aromatic carbocycles. The lowest BCUT2D eigenvalue weighted by atomic mass is 9.87. The molecule has 1 atom stereocenters. The van der Waals surface area contributed by atoms with Gasteiger partial charge in [-0.3, -0.25) is 4.79 Å². The molecule has 0 amide bonds. The van der Waals surface area contributed by atoms with Gasteiger partial charge in [-0.15, -0.1) is 11.3 Å². The number of aryl methyl sites for hydroxylation is 1. The fourth-order valence-corrected chi connectivity index (χ4v) is 3.82. The Morgan fingerprint density at radius 2 is 2.29 bits per heavy atom. The van der Waals surface area contributed by atoms with Crippen LogP contribution in [0.25, 0.3) is 10.1 Å². The van der Waals surface area contributed by atoms with Gasteiger partial charge in [0.2, 0.25) is 0 Å². The number of benzene rings is 1. The van der Waals surface area contributed by atoms with Gasteiger partial charge < -0.3 is 10.8 Å². The van der Waals surface area contributed by atoms with Crippen LogP contribution in [-0.2, 0) is 17.6 Å². The number of hydrogen-bond acceptors (Lipinski definition) is 3. The van der Waals surface area contributed by atoms with Crippen LogP contribution in [0.3, 0.4) is 0 Å². The maximum absolute atomic E-state index is 11.0. The average molecular weight is 247 g/mol. The number of thiophene rings is 1. The van der Waals surface area contributed by atoms with Crippen LogP contribution in [0.4, 0.5) is 5.69 Å². The number of carboxylic acids is 1. The topological polar surface area (TPSA) is 63.3 Å². The second-order valence-corrected chi connectivity index (χ2v) is 5.67. The molecule has 0 spiro atoms. The van der Waals surface area contributed by atoms with Gasteiger partial charge in [0.05, 0.1) is 5.92 Å². The van der Waals surface area contributed by atoms with Gasteiger partial charge in [0, 0.05) is 15.3 Å². The van der Waals surface area contributed by atoms with Crippen molar-refractivity contribution in [1.82, 2.24) is 0 Å². The molecule has 4 heteroatoms. The molecule has 1 aliphatic carbocycles. The van der Waals surface area contributed by atoms with Crippen LogP contribution < -0.4 is 5.73 Å². The lowest BCUT2D eigenvalue weighted by molar-refractivity contribution is -0.142. The van der Waals surface area contributed by atoms with Gasteiger partial charge in [-0.05, 0) is 48.4 Å². The Labute approximate surface area is 103 Å². The van der Waals surface area contributed by atoms with Crippen molar-refractivity contribution in [2.75, 3.05) is 5.73 Å². The van der Waals surface area contributed by atoms with E-state index in [1.807, 2.05) is 18.2 Å². The Kier molecular flexibility index (Phi) is 2.33. The number of nitrogens with two attached hydrogens (primary N) is 1. The van der Waals surface area contributed by atoms with E-state index in [0.29, 0.717) is 6.42 Å². The maximum atomic E-state index is 11.0. The van der Waals surface area contributed by atoms with Crippen molar-refractivity contribution in [2.24, 2.45) is 5.92 Å². The number of carbonyl (C=O) groups is 1. The molecule has 3 nitrogen and oxygen atoms in total. The summed E-state index contributed by atoms with van der Waals surface area (Å²) in [5.41, 5.74) is 7.89. The standard InChI is InChI=1S/C13H13NO2S/c14-8-2-4-11-10(6-8)9-3-1-7(13(15)16)5-12(9)17-11/h2,4,6-7H,1,3,5,14H2,(H,15,16). The third kappa shape index (κ3) is 1.69. The largest absolute Gasteiger partial charge is 0.481 e. The number of anilines is 1. The predicted molar refractivity (Wildman–Crippen MR) is 69.4 cm³/mol. The normalized spacial score (nSPS) is 19.2. The summed E-state index contributed by atoms with van der Waals surface area (Å²) in [4.78, 5) is 12.2. The number of fused-ring (bicyclic) bond motifs is 3. The van der Waals surface area contributed by atoms with Crippen molar-refractivity contribution < 1.29 is 9.90 Å². The monoisotopic (exact) mass is 247 g/mol. The Morgan fingerprint density at radius 3 is 3.06 bits per heavy atom. The zero-order valence-corrected chi connectivity index (χ0v) is 10.1. The second kappa shape index (κ2) is 3.74. The molecule has 0 bridgehead atoms. The molecule has 1 unspecified atom stereocenters. The summed E-state index contributed by atoms with van der Waals surface area (Å²) in [6.45, 7) is 0. The number of nitrogen functional groups attached to an aromatic ring is 1. The van der Waals surface area contributed by atoms with Crippen LogP contribution in [0.15, 0.2) is 18.2 Å². The highest BCUT2D eigenvalue weighted by molar-refractivity contribution is 7.19. The fourth-order valence-electron chi connectivity index (χ4n) is 2.51. The SMILES string of the molecule is Nc1ccc2sc3c(c2c1)CCC(C(=O)O)C3. The molecule has 3 N–H and O–H groups in total. The molecule has 0 fully saturated rings. The lowest BCUT2D eigenvalue weighted by Gasteiger charge is -2.18. The van der Waals surface area contributed by atoms with Crippen molar-refractivity contribution in [3.63, 3.8) is 0 Å². The highest BCUT2D eigenvalue weighted by Gasteiger charge is 2.26. The minimum Gasteiger partial charge on any atom is -0.481 e. The summed E-state index contributed by atoms with van der Waals surface area (Å²) in [5.74, 6) is -0.888. The van der Waals surface area contributed by atoms with E-state index < -0.39 is 5.97 Å². The van der Waals surface area contributed by atoms with E-state index in [-0.39, 0.29) is 5.92 Å². The third-order valence-electron chi connectivity index (χ3n) is 3.42. The maximum Gasteiger partial charge on any atom is 0.306 e. The Hall–Kier alpha value is -1.55. The smallest absolute Gasteiger partial charge is 0.306 e. The van der Waals surface area contributed by atoms with Gasteiger partial charge in [0.1, 0.15) is 0 Å². The molecule has 1 aliphatic rings. The second-order valence-electron chi connectivity index (χ2n) is 4.54. The minimum absolute atomic E-state index is 0.215. The molecule has 0 aliphatic heterocycles. The Balaban J connectivity index is 2.10. The number of hydrogen-bond donors (Lipinski definition) is 2. The van der Waals surface area contributed by atoms with Crippen molar-refractivity contribution in [1.29, 1.82) is 0 Å². The van der Waals surface area contributed by atoms with Gasteiger partial charge in [0.15, 0.2) is 0 Å². The van der Waals surface area contributed by atoms with Gasteiger partial charge in [-0.1, -0.05) is 0 Å². The Bertz CT molecular complexity index is 603. The van der Waals surface area contributed by atoms with Crippen LogP contribution in [0.1, 0.15) is 16.9 Å². The molecule has 1 aromatic heterocycles. The first-order valence-electron chi connectivity index (χ1n) is 5.67. The van der Waals surface area contributed by atoms with Crippen LogP contribution in [0, 0.1) is 5.92 Å². The summed E-state index contributed by atoms with van der Waals surface area (Å²) in [6.07, 6.45) is 2.27. The Morgan fingerprint density at radius 1 is 1.47 bits per heavy atom. The summed E-state index contributed by atoms with van der Waals surface area (Å²) in [6, 6.07) is 5.94. The third-order valence-corrected chi connectivity index (χ3v) is 4.66.